The van der Waals surface area contributed by atoms with Gasteiger partial charge in [0.15, 0.2) is 0 Å². The summed E-state index contributed by atoms with van der Waals surface area (Å²) in [5, 5.41) is 0. The number of hydrogen-bond acceptors (Lipinski definition) is 1. The van der Waals surface area contributed by atoms with Crippen LogP contribution in [0.4, 0.5) is 13.2 Å². The monoisotopic (exact) mass is 270 g/mol. The largest absolute Gasteiger partial charge is 0.416 e. The Balaban J connectivity index is 2.27. The normalized spacial score (nSPS) is 30.8. The maximum absolute atomic E-state index is 12.7. The van der Waals surface area contributed by atoms with Crippen LogP contribution in [0, 0.1) is 5.92 Å². The van der Waals surface area contributed by atoms with E-state index >= 15 is 0 Å². The predicted molar refractivity (Wildman–Crippen MR) is 67.9 cm³/mol. The van der Waals surface area contributed by atoms with E-state index in [0.29, 0.717) is 12.0 Å². The van der Waals surface area contributed by atoms with Crippen molar-refractivity contribution in [2.75, 3.05) is 7.11 Å². The summed E-state index contributed by atoms with van der Waals surface area (Å²) >= 11 is 0. The molecular formula is C15H17F3O. The molecule has 3 unspecified atom stereocenters. The Kier molecular flexibility index (Phi) is 3.47. The van der Waals surface area contributed by atoms with Crippen LogP contribution in [0.15, 0.2) is 36.9 Å². The van der Waals surface area contributed by atoms with Crippen LogP contribution in [0.2, 0.25) is 0 Å². The zero-order valence-electron chi connectivity index (χ0n) is 11.0. The number of hydrogen-bond donors (Lipinski definition) is 0. The van der Waals surface area contributed by atoms with Crippen molar-refractivity contribution in [2.24, 2.45) is 5.92 Å². The lowest BCUT2D eigenvalue weighted by molar-refractivity contribution is -0.137. The van der Waals surface area contributed by atoms with Crippen LogP contribution < -0.4 is 0 Å². The second kappa shape index (κ2) is 4.67. The number of alkyl halides is 3. The van der Waals surface area contributed by atoms with E-state index in [-0.39, 0.29) is 17.4 Å². The average molecular weight is 270 g/mol. The van der Waals surface area contributed by atoms with E-state index in [2.05, 4.69) is 6.58 Å². The molecular weight excluding hydrogens is 253 g/mol. The van der Waals surface area contributed by atoms with Gasteiger partial charge in [0, 0.05) is 13.0 Å². The zero-order chi connectivity index (χ0) is 14.3. The Morgan fingerprint density at radius 1 is 1.42 bits per heavy atom. The van der Waals surface area contributed by atoms with Gasteiger partial charge in [0.1, 0.15) is 0 Å². The van der Waals surface area contributed by atoms with Crippen molar-refractivity contribution in [2.45, 2.75) is 31.0 Å². The molecule has 3 atom stereocenters. The van der Waals surface area contributed by atoms with Crippen molar-refractivity contribution >= 4 is 0 Å². The highest BCUT2D eigenvalue weighted by Gasteiger charge is 2.50. The molecule has 1 aromatic carbocycles. The van der Waals surface area contributed by atoms with Crippen molar-refractivity contribution in [3.63, 3.8) is 0 Å². The molecule has 19 heavy (non-hydrogen) atoms. The third-order valence-corrected chi connectivity index (χ3v) is 4.13. The minimum absolute atomic E-state index is 0.0426. The molecule has 0 radical (unpaired) electrons. The number of halogens is 3. The molecule has 0 aliphatic heterocycles. The summed E-state index contributed by atoms with van der Waals surface area (Å²) in [5.41, 5.74) is -0.214. The quantitative estimate of drug-likeness (QED) is 0.740. The molecule has 4 heteroatoms. The van der Waals surface area contributed by atoms with Gasteiger partial charge in [-0.05, 0) is 30.9 Å². The summed E-state index contributed by atoms with van der Waals surface area (Å²) in [6.45, 7) is 5.73. The van der Waals surface area contributed by atoms with Crippen molar-refractivity contribution in [3.05, 3.63) is 48.0 Å². The van der Waals surface area contributed by atoms with E-state index in [1.165, 1.54) is 12.1 Å². The molecule has 0 aromatic heterocycles. The van der Waals surface area contributed by atoms with E-state index in [1.54, 1.807) is 19.3 Å². The van der Waals surface area contributed by atoms with Gasteiger partial charge < -0.3 is 4.74 Å². The minimum Gasteiger partial charge on any atom is -0.378 e. The standard InChI is InChI=1S/C15H17F3O/c1-4-13-12(9-14(13,2)19-3)10-6-5-7-11(8-10)15(16,17)18/h4-8,12-13H,1,9H2,2-3H3. The first-order valence-electron chi connectivity index (χ1n) is 6.16. The molecule has 1 aromatic rings. The average Bonchev–Trinajstić information content (AvgIpc) is 2.35. The van der Waals surface area contributed by atoms with Crippen molar-refractivity contribution in [3.8, 4) is 0 Å². The number of rotatable bonds is 3. The van der Waals surface area contributed by atoms with Gasteiger partial charge >= 0.3 is 6.18 Å². The fourth-order valence-corrected chi connectivity index (χ4v) is 2.87. The first-order chi connectivity index (χ1) is 8.81. The Morgan fingerprint density at radius 2 is 2.11 bits per heavy atom. The summed E-state index contributed by atoms with van der Waals surface area (Å²) in [6, 6.07) is 5.53. The fourth-order valence-electron chi connectivity index (χ4n) is 2.87. The van der Waals surface area contributed by atoms with E-state index in [0.717, 1.165) is 6.07 Å². The molecule has 0 bridgehead atoms. The smallest absolute Gasteiger partial charge is 0.378 e. The van der Waals surface area contributed by atoms with Crippen LogP contribution in [-0.4, -0.2) is 12.7 Å². The summed E-state index contributed by atoms with van der Waals surface area (Å²) in [7, 11) is 1.62. The van der Waals surface area contributed by atoms with Crippen LogP contribution in [0.25, 0.3) is 0 Å². The van der Waals surface area contributed by atoms with E-state index in [4.69, 9.17) is 4.74 Å². The summed E-state index contributed by atoms with van der Waals surface area (Å²) in [6.07, 6.45) is -1.81. The van der Waals surface area contributed by atoms with Crippen molar-refractivity contribution in [1.29, 1.82) is 0 Å². The maximum Gasteiger partial charge on any atom is 0.416 e. The van der Waals surface area contributed by atoms with Crippen molar-refractivity contribution < 1.29 is 17.9 Å². The van der Waals surface area contributed by atoms with Crippen LogP contribution in [0.3, 0.4) is 0 Å². The highest BCUT2D eigenvalue weighted by molar-refractivity contribution is 5.33. The Bertz CT molecular complexity index is 481. The lowest BCUT2D eigenvalue weighted by Gasteiger charge is -2.51. The fraction of sp³-hybridized carbons (Fsp3) is 0.467. The molecule has 104 valence electrons. The van der Waals surface area contributed by atoms with Gasteiger partial charge in [-0.15, -0.1) is 6.58 Å². The lowest BCUT2D eigenvalue weighted by Crippen LogP contribution is -2.50. The highest BCUT2D eigenvalue weighted by Crippen LogP contribution is 2.52. The number of benzene rings is 1. The highest BCUT2D eigenvalue weighted by atomic mass is 19.4. The Labute approximate surface area is 111 Å². The summed E-state index contributed by atoms with van der Waals surface area (Å²) < 4.78 is 43.5. The van der Waals surface area contributed by atoms with Crippen LogP contribution in [0.1, 0.15) is 30.4 Å². The van der Waals surface area contributed by atoms with Gasteiger partial charge in [0.25, 0.3) is 0 Å². The second-order valence-electron chi connectivity index (χ2n) is 5.21. The van der Waals surface area contributed by atoms with Gasteiger partial charge in [0.2, 0.25) is 0 Å². The van der Waals surface area contributed by atoms with Gasteiger partial charge in [-0.2, -0.15) is 13.2 Å². The van der Waals surface area contributed by atoms with Gasteiger partial charge in [0.05, 0.1) is 11.2 Å². The van der Waals surface area contributed by atoms with Gasteiger partial charge in [-0.25, -0.2) is 0 Å². The molecule has 0 N–H and O–H groups in total. The lowest BCUT2D eigenvalue weighted by atomic mass is 9.59. The zero-order valence-corrected chi connectivity index (χ0v) is 11.0. The van der Waals surface area contributed by atoms with Crippen molar-refractivity contribution in [1.82, 2.24) is 0 Å². The minimum atomic E-state index is -4.30. The molecule has 1 saturated carbocycles. The molecule has 2 rings (SSSR count). The maximum atomic E-state index is 12.7. The van der Waals surface area contributed by atoms with Crippen LogP contribution >= 0.6 is 0 Å². The molecule has 1 nitrogen and oxygen atoms in total. The first-order valence-corrected chi connectivity index (χ1v) is 6.16. The predicted octanol–water partition coefficient (Wildman–Crippen LogP) is 4.40. The van der Waals surface area contributed by atoms with Crippen LogP contribution in [-0.2, 0) is 10.9 Å². The third-order valence-electron chi connectivity index (χ3n) is 4.13. The SMILES string of the molecule is C=CC1C(c2cccc(C(F)(F)F)c2)CC1(C)OC. The molecule has 1 fully saturated rings. The Hall–Kier alpha value is -1.29. The Morgan fingerprint density at radius 3 is 2.63 bits per heavy atom. The van der Waals surface area contributed by atoms with Gasteiger partial charge in [-0.1, -0.05) is 24.3 Å². The van der Waals surface area contributed by atoms with Crippen LogP contribution in [0.5, 0.6) is 0 Å². The molecule has 0 spiro atoms. The number of ether oxygens (including phenoxy) is 1. The molecule has 1 aliphatic rings. The van der Waals surface area contributed by atoms with Gasteiger partial charge in [-0.3, -0.25) is 0 Å². The summed E-state index contributed by atoms with van der Waals surface area (Å²) in [4.78, 5) is 0. The second-order valence-corrected chi connectivity index (χ2v) is 5.21. The molecule has 1 aliphatic carbocycles. The van der Waals surface area contributed by atoms with E-state index in [1.807, 2.05) is 6.92 Å². The first kappa shape index (κ1) is 14.1. The van der Waals surface area contributed by atoms with E-state index in [9.17, 15) is 13.2 Å². The number of methoxy groups -OCH3 is 1. The van der Waals surface area contributed by atoms with E-state index < -0.39 is 11.7 Å². The topological polar surface area (TPSA) is 9.23 Å². The summed E-state index contributed by atoms with van der Waals surface area (Å²) in [5.74, 6) is 0.0886. The third kappa shape index (κ3) is 2.41. The molecule has 0 amide bonds. The molecule has 0 heterocycles. The molecule has 0 saturated heterocycles.